The fourth-order valence-corrected chi connectivity index (χ4v) is 1.71. The molecule has 0 radical (unpaired) electrons. The van der Waals surface area contributed by atoms with E-state index in [0.717, 1.165) is 11.1 Å². The second-order valence-corrected chi connectivity index (χ2v) is 4.15. The molecule has 0 spiro atoms. The molecule has 0 saturated carbocycles. The van der Waals surface area contributed by atoms with Crippen LogP contribution in [-0.2, 0) is 11.2 Å². The van der Waals surface area contributed by atoms with Crippen molar-refractivity contribution in [2.75, 3.05) is 0 Å². The third-order valence-electron chi connectivity index (χ3n) is 2.69. The van der Waals surface area contributed by atoms with Crippen molar-refractivity contribution < 1.29 is 9.90 Å². The monoisotopic (exact) mass is 250 g/mol. The zero-order valence-corrected chi connectivity index (χ0v) is 10.4. The van der Waals surface area contributed by atoms with Gasteiger partial charge in [-0.1, -0.05) is 60.7 Å². The van der Waals surface area contributed by atoms with Crippen LogP contribution in [0.2, 0.25) is 0 Å². The molecule has 0 aliphatic heterocycles. The summed E-state index contributed by atoms with van der Waals surface area (Å²) >= 11 is 0. The van der Waals surface area contributed by atoms with E-state index in [9.17, 15) is 9.90 Å². The second-order valence-electron chi connectivity index (χ2n) is 4.15. The molecule has 0 amide bonds. The molecule has 0 aromatic heterocycles. The van der Waals surface area contributed by atoms with Crippen LogP contribution in [0.1, 0.15) is 11.1 Å². The van der Waals surface area contributed by atoms with Crippen molar-refractivity contribution in [3.05, 3.63) is 83.1 Å². The van der Waals surface area contributed by atoms with Gasteiger partial charge in [0.2, 0.25) is 0 Å². The van der Waals surface area contributed by atoms with E-state index in [1.807, 2.05) is 60.7 Å². The maximum Gasteiger partial charge on any atom is 0.339 e. The fourth-order valence-electron chi connectivity index (χ4n) is 1.71. The van der Waals surface area contributed by atoms with Crippen LogP contribution in [0.5, 0.6) is 0 Å². The van der Waals surface area contributed by atoms with Crippen LogP contribution >= 0.6 is 0 Å². The first-order valence-corrected chi connectivity index (χ1v) is 6.03. The third-order valence-corrected chi connectivity index (χ3v) is 2.69. The summed E-state index contributed by atoms with van der Waals surface area (Å²) in [5.74, 6) is -0.934. The van der Waals surface area contributed by atoms with Crippen molar-refractivity contribution in [1.29, 1.82) is 0 Å². The maximum absolute atomic E-state index is 11.2. The molecule has 94 valence electrons. The molecule has 2 rings (SSSR count). The molecule has 2 aromatic rings. The Balaban J connectivity index is 2.26. The lowest BCUT2D eigenvalue weighted by atomic mass is 10.1. The van der Waals surface area contributed by atoms with Gasteiger partial charge in [0.15, 0.2) is 0 Å². The van der Waals surface area contributed by atoms with Crippen LogP contribution in [-0.4, -0.2) is 11.1 Å². The van der Waals surface area contributed by atoms with Gasteiger partial charge in [-0.25, -0.2) is 4.79 Å². The number of carbonyl (C=O) groups is 1. The topological polar surface area (TPSA) is 37.3 Å². The lowest BCUT2D eigenvalue weighted by molar-refractivity contribution is -0.132. The van der Waals surface area contributed by atoms with Gasteiger partial charge >= 0.3 is 5.97 Å². The lowest BCUT2D eigenvalue weighted by Gasteiger charge is -1.99. The third kappa shape index (κ3) is 3.98. The Labute approximate surface area is 112 Å². The average molecular weight is 250 g/mol. The number of hydrogen-bond acceptors (Lipinski definition) is 1. The molecule has 19 heavy (non-hydrogen) atoms. The van der Waals surface area contributed by atoms with E-state index in [0.29, 0.717) is 6.42 Å². The molecule has 0 bridgehead atoms. The first-order valence-electron chi connectivity index (χ1n) is 6.03. The molecule has 0 fully saturated rings. The van der Waals surface area contributed by atoms with Crippen LogP contribution in [0.25, 0.3) is 6.08 Å². The van der Waals surface area contributed by atoms with E-state index in [1.54, 1.807) is 6.08 Å². The molecule has 2 aromatic carbocycles. The van der Waals surface area contributed by atoms with Crippen LogP contribution < -0.4 is 0 Å². The molecule has 0 aliphatic rings. The molecule has 2 nitrogen and oxygen atoms in total. The molecule has 0 atom stereocenters. The van der Waals surface area contributed by atoms with Gasteiger partial charge in [-0.15, -0.1) is 5.73 Å². The van der Waals surface area contributed by atoms with Crippen LogP contribution in [0, 0.1) is 0 Å². The Kier molecular flexibility index (Phi) is 4.33. The van der Waals surface area contributed by atoms with Crippen LogP contribution in [0.4, 0.5) is 0 Å². The molecule has 2 heteroatoms. The van der Waals surface area contributed by atoms with Gasteiger partial charge in [-0.05, 0) is 17.2 Å². The van der Waals surface area contributed by atoms with Crippen LogP contribution in [0.3, 0.4) is 0 Å². The zero-order valence-electron chi connectivity index (χ0n) is 10.4. The molecule has 0 heterocycles. The van der Waals surface area contributed by atoms with Crippen molar-refractivity contribution in [3.8, 4) is 0 Å². The molecular weight excluding hydrogens is 236 g/mol. The number of carboxylic acids is 1. The van der Waals surface area contributed by atoms with Gasteiger partial charge in [-0.3, -0.25) is 0 Å². The predicted molar refractivity (Wildman–Crippen MR) is 75.7 cm³/mol. The van der Waals surface area contributed by atoms with E-state index >= 15 is 0 Å². The largest absolute Gasteiger partial charge is 0.477 e. The SMILES string of the molecule is O=C(O)C(=C=Cc1ccccc1)Cc1ccccc1. The summed E-state index contributed by atoms with van der Waals surface area (Å²) in [6, 6.07) is 19.1. The highest BCUT2D eigenvalue weighted by atomic mass is 16.4. The van der Waals surface area contributed by atoms with Gasteiger partial charge in [0.05, 0.1) is 5.57 Å². The molecule has 1 N–H and O–H groups in total. The maximum atomic E-state index is 11.2. The smallest absolute Gasteiger partial charge is 0.339 e. The number of benzene rings is 2. The fraction of sp³-hybridized carbons (Fsp3) is 0.0588. The molecule has 0 saturated heterocycles. The standard InChI is InChI=1S/C17H14O2/c18-17(19)16(13-15-9-5-2-6-10-15)12-11-14-7-3-1-4-8-14/h1-11H,13H2,(H,18,19). The quantitative estimate of drug-likeness (QED) is 0.665. The summed E-state index contributed by atoms with van der Waals surface area (Å²) in [5.41, 5.74) is 5.04. The van der Waals surface area contributed by atoms with E-state index in [-0.39, 0.29) is 5.57 Å². The Morgan fingerprint density at radius 1 is 1.00 bits per heavy atom. The van der Waals surface area contributed by atoms with Crippen molar-refractivity contribution in [2.45, 2.75) is 6.42 Å². The second kappa shape index (κ2) is 6.39. The van der Waals surface area contributed by atoms with Gasteiger partial charge in [0.1, 0.15) is 0 Å². The average Bonchev–Trinajstić information content (AvgIpc) is 2.45. The van der Waals surface area contributed by atoms with Crippen molar-refractivity contribution >= 4 is 12.0 Å². The number of rotatable bonds is 4. The summed E-state index contributed by atoms with van der Waals surface area (Å²) in [7, 11) is 0. The summed E-state index contributed by atoms with van der Waals surface area (Å²) in [4.78, 5) is 11.2. The van der Waals surface area contributed by atoms with E-state index in [1.165, 1.54) is 0 Å². The van der Waals surface area contributed by atoms with E-state index < -0.39 is 5.97 Å². The molecule has 0 aliphatic carbocycles. The van der Waals surface area contributed by atoms with Gasteiger partial charge < -0.3 is 5.11 Å². The zero-order chi connectivity index (χ0) is 13.5. The number of aliphatic carboxylic acids is 1. The lowest BCUT2D eigenvalue weighted by Crippen LogP contribution is -2.02. The summed E-state index contributed by atoms with van der Waals surface area (Å²) in [6.45, 7) is 0. The normalized spacial score (nSPS) is 9.47. The van der Waals surface area contributed by atoms with Gasteiger partial charge in [-0.2, -0.15) is 0 Å². The summed E-state index contributed by atoms with van der Waals surface area (Å²) in [5, 5.41) is 9.19. The molecule has 0 unspecified atom stereocenters. The number of hydrogen-bond donors (Lipinski definition) is 1. The predicted octanol–water partition coefficient (Wildman–Crippen LogP) is 3.55. The highest BCUT2D eigenvalue weighted by Gasteiger charge is 2.06. The Morgan fingerprint density at radius 2 is 1.58 bits per heavy atom. The summed E-state index contributed by atoms with van der Waals surface area (Å²) < 4.78 is 0. The van der Waals surface area contributed by atoms with Crippen LogP contribution in [0.15, 0.2) is 72.0 Å². The number of carboxylic acid groups (broad SMARTS) is 1. The Morgan fingerprint density at radius 3 is 2.16 bits per heavy atom. The minimum absolute atomic E-state index is 0.259. The Hall–Kier alpha value is -2.57. The van der Waals surface area contributed by atoms with E-state index in [4.69, 9.17) is 0 Å². The van der Waals surface area contributed by atoms with E-state index in [2.05, 4.69) is 5.73 Å². The minimum atomic E-state index is -0.934. The van der Waals surface area contributed by atoms with Gasteiger partial charge in [0, 0.05) is 6.42 Å². The minimum Gasteiger partial charge on any atom is -0.477 e. The van der Waals surface area contributed by atoms with Crippen molar-refractivity contribution in [3.63, 3.8) is 0 Å². The first kappa shape index (κ1) is 12.9. The van der Waals surface area contributed by atoms with Crippen molar-refractivity contribution in [2.24, 2.45) is 0 Å². The molecular formula is C17H14O2. The first-order chi connectivity index (χ1) is 9.25. The highest BCUT2D eigenvalue weighted by Crippen LogP contribution is 2.08. The Bertz CT molecular complexity index is 606. The van der Waals surface area contributed by atoms with Gasteiger partial charge in [0.25, 0.3) is 0 Å². The summed E-state index contributed by atoms with van der Waals surface area (Å²) in [6.07, 6.45) is 2.08. The van der Waals surface area contributed by atoms with Crippen molar-refractivity contribution in [1.82, 2.24) is 0 Å². The highest BCUT2D eigenvalue weighted by molar-refractivity contribution is 5.87.